The second-order valence-corrected chi connectivity index (χ2v) is 10.1. The molecule has 0 saturated carbocycles. The van der Waals surface area contributed by atoms with Gasteiger partial charge in [0.15, 0.2) is 0 Å². The summed E-state index contributed by atoms with van der Waals surface area (Å²) in [6.45, 7) is 0. The molecule has 2 atom stereocenters. The van der Waals surface area contributed by atoms with E-state index in [-0.39, 0.29) is 41.0 Å². The summed E-state index contributed by atoms with van der Waals surface area (Å²) in [4.78, 5) is 0. The molecule has 5 heteroatoms. The van der Waals surface area contributed by atoms with Crippen molar-refractivity contribution in [2.75, 3.05) is 0 Å². The van der Waals surface area contributed by atoms with E-state index in [0.717, 1.165) is 5.84 Å². The summed E-state index contributed by atoms with van der Waals surface area (Å²) in [5.74, 6) is 1.13. The Balaban J connectivity index is -0.0000000200. The molecule has 0 spiro atoms. The van der Waals surface area contributed by atoms with Crippen LogP contribution in [0.3, 0.4) is 0 Å². The Morgan fingerprint density at radius 2 is 1.60 bits per heavy atom. The van der Waals surface area contributed by atoms with Gasteiger partial charge in [-0.1, -0.05) is 0 Å². The summed E-state index contributed by atoms with van der Waals surface area (Å²) >= 11 is 1.41. The molecule has 0 aromatic rings. The van der Waals surface area contributed by atoms with Crippen molar-refractivity contribution >= 4 is 61.1 Å². The molecule has 0 saturated heterocycles. The molecular weight excluding hydrogens is 358 g/mol. The normalized spacial score (nSPS) is 6.00. The molecule has 2 unspecified atom stereocenters. The van der Waals surface area contributed by atoms with Crippen LogP contribution in [0.15, 0.2) is 0 Å². The first-order valence-corrected chi connectivity index (χ1v) is 8.41. The van der Waals surface area contributed by atoms with Gasteiger partial charge in [0.05, 0.1) is 0 Å². The number of rotatable bonds is 0. The molecule has 2 radical (unpaired) electrons. The third-order valence-electron chi connectivity index (χ3n) is 0. The molecule has 0 N–H and O–H groups in total. The molecule has 5 heavy (non-hydrogen) atoms. The van der Waals surface area contributed by atoms with Crippen molar-refractivity contribution in [3.8, 4) is 0 Å². The van der Waals surface area contributed by atoms with Crippen LogP contribution in [-0.4, -0.2) is 46.4 Å². The maximum absolute atomic E-state index is 2.66. The van der Waals surface area contributed by atoms with Gasteiger partial charge in [-0.2, -0.15) is 0 Å². The van der Waals surface area contributed by atoms with Crippen LogP contribution in [0.1, 0.15) is 0 Å². The molecule has 34 valence electrons. The van der Waals surface area contributed by atoms with E-state index in [9.17, 15) is 0 Å². The summed E-state index contributed by atoms with van der Waals surface area (Å²) in [7, 11) is 2.66. The Kier molecular flexibility index (Phi) is 49.4. The van der Waals surface area contributed by atoms with Gasteiger partial charge in [0.1, 0.15) is 0 Å². The van der Waals surface area contributed by atoms with Gasteiger partial charge in [-0.3, -0.25) is 0 Å². The van der Waals surface area contributed by atoms with Crippen LogP contribution in [0.25, 0.3) is 0 Å². The minimum atomic E-state index is 0. The van der Waals surface area contributed by atoms with Crippen molar-refractivity contribution < 1.29 is 17.1 Å². The Bertz CT molecular complexity index is 9.61. The van der Waals surface area contributed by atoms with Crippen LogP contribution in [0, 0.1) is 0 Å². The van der Waals surface area contributed by atoms with Gasteiger partial charge in [0.2, 0.25) is 0 Å². The molecule has 0 aliphatic heterocycles. The summed E-state index contributed by atoms with van der Waals surface area (Å²) in [5.41, 5.74) is 0. The van der Waals surface area contributed by atoms with E-state index in [1.807, 2.05) is 0 Å². The molecule has 0 nitrogen and oxygen atoms in total. The first-order chi connectivity index (χ1) is 1.41. The Hall–Kier alpha value is 3.00. The molecule has 0 amide bonds. The fraction of sp³-hybridized carbons (Fsp3) is 0. The number of hydrogen-bond donors (Lipinski definition) is 0. The molecule has 0 bridgehead atoms. The van der Waals surface area contributed by atoms with Crippen LogP contribution >= 0.6 is 14.8 Å². The zero-order valence-electron chi connectivity index (χ0n) is 2.72. The summed E-state index contributed by atoms with van der Waals surface area (Å²) < 4.78 is 0. The van der Waals surface area contributed by atoms with E-state index >= 15 is 0 Å². The Morgan fingerprint density at radius 1 is 1.60 bits per heavy atom. The predicted octanol–water partition coefficient (Wildman–Crippen LogP) is -0.916. The van der Waals surface area contributed by atoms with Gasteiger partial charge >= 0.3 is 61.1 Å². The molecule has 0 aromatic heterocycles. The maximum atomic E-state index is 2.66. The molecule has 0 aliphatic carbocycles. The standard InChI is InChI=1S/Fe.H3P2.Sb.Sn.4H/c;1-2;;;;;;/h;1H,2H2;;;;;;/q;-1;+1;;;;;. The molecular formula is H7FeP2SbSn. The van der Waals surface area contributed by atoms with E-state index < -0.39 is 0 Å². The van der Waals surface area contributed by atoms with Crippen LogP contribution in [0.4, 0.5) is 0 Å². The van der Waals surface area contributed by atoms with Crippen LogP contribution < -0.4 is 0 Å². The average Bonchev–Trinajstić information content (AvgIpc) is 0.918. The minimum absolute atomic E-state index is 0. The predicted molar refractivity (Wildman–Crippen MR) is 35.1 cm³/mol. The van der Waals surface area contributed by atoms with Gasteiger partial charge in [0, 0.05) is 17.1 Å². The van der Waals surface area contributed by atoms with Crippen molar-refractivity contribution in [2.24, 2.45) is 0 Å². The number of hydrogen-bond acceptors (Lipinski definition) is 0. The van der Waals surface area contributed by atoms with Crippen molar-refractivity contribution in [2.45, 2.75) is 0 Å². The van der Waals surface area contributed by atoms with E-state index in [1.165, 1.54) is 22.5 Å². The van der Waals surface area contributed by atoms with E-state index in [1.54, 1.807) is 0 Å². The first-order valence-electron chi connectivity index (χ1n) is 0.577. The van der Waals surface area contributed by atoms with E-state index in [0.29, 0.717) is 0 Å². The quantitative estimate of drug-likeness (QED) is 0.385. The van der Waals surface area contributed by atoms with Crippen molar-refractivity contribution in [3.63, 3.8) is 0 Å². The third kappa shape index (κ3) is 19.5. The SMILES string of the molecule is P[PH][SbH2].[Fe].[SnH2]. The van der Waals surface area contributed by atoms with Crippen molar-refractivity contribution in [1.82, 2.24) is 0 Å². The Labute approximate surface area is 77.1 Å². The average molecular weight is 365 g/mol. The topological polar surface area (TPSA) is 0 Å². The summed E-state index contributed by atoms with van der Waals surface area (Å²) in [6.07, 6.45) is 0. The molecule has 0 fully saturated rings. The van der Waals surface area contributed by atoms with Gasteiger partial charge in [0.25, 0.3) is 0 Å². The monoisotopic (exact) mass is 366 g/mol. The van der Waals surface area contributed by atoms with Crippen molar-refractivity contribution in [1.29, 1.82) is 0 Å². The third-order valence-corrected chi connectivity index (χ3v) is 0. The second kappa shape index (κ2) is 15.8. The van der Waals surface area contributed by atoms with Crippen molar-refractivity contribution in [3.05, 3.63) is 0 Å². The van der Waals surface area contributed by atoms with E-state index in [2.05, 4.69) is 8.93 Å². The molecule has 0 aliphatic rings. The molecule has 0 heterocycles. The van der Waals surface area contributed by atoms with Crippen LogP contribution in [-0.2, 0) is 17.1 Å². The van der Waals surface area contributed by atoms with Gasteiger partial charge in [-0.25, -0.2) is 0 Å². The van der Waals surface area contributed by atoms with Gasteiger partial charge in [-0.15, -0.1) is 0 Å². The first kappa shape index (κ1) is 15.7. The Morgan fingerprint density at radius 3 is 1.60 bits per heavy atom. The van der Waals surface area contributed by atoms with Crippen LogP contribution in [0.2, 0.25) is 0 Å². The fourth-order valence-corrected chi connectivity index (χ4v) is 0. The summed E-state index contributed by atoms with van der Waals surface area (Å²) in [6, 6.07) is 0. The fourth-order valence-electron chi connectivity index (χ4n) is 0. The zero-order valence-corrected chi connectivity index (χ0v) is 13.3. The van der Waals surface area contributed by atoms with Gasteiger partial charge < -0.3 is 0 Å². The zero-order chi connectivity index (χ0) is 2.71. The van der Waals surface area contributed by atoms with Gasteiger partial charge in [-0.05, 0) is 0 Å². The van der Waals surface area contributed by atoms with E-state index in [4.69, 9.17) is 0 Å². The molecule has 0 aromatic carbocycles. The molecule has 0 rings (SSSR count). The summed E-state index contributed by atoms with van der Waals surface area (Å²) in [5, 5.41) is 0. The van der Waals surface area contributed by atoms with Crippen LogP contribution in [0.5, 0.6) is 0 Å². The second-order valence-electron chi connectivity index (χ2n) is 0.167.